The Hall–Kier alpha value is -2.73. The molecule has 1 aliphatic carbocycles. The number of non-ortho nitro benzene ring substituents is 1. The van der Waals surface area contributed by atoms with Crippen molar-refractivity contribution in [2.75, 3.05) is 13.1 Å². The maximum absolute atomic E-state index is 13.3. The summed E-state index contributed by atoms with van der Waals surface area (Å²) in [5.74, 6) is -0.0234. The predicted molar refractivity (Wildman–Crippen MR) is 121 cm³/mol. The number of ketones is 1. The molecule has 0 amide bonds. The molecule has 2 aromatic rings. The third-order valence-corrected chi connectivity index (χ3v) is 6.26. The molecule has 0 N–H and O–H groups in total. The predicted octanol–water partition coefficient (Wildman–Crippen LogP) is 6.16. The number of nitrogens with zero attached hydrogens (tertiary/aromatic N) is 2. The van der Waals surface area contributed by atoms with E-state index < -0.39 is 4.92 Å². The molecule has 154 valence electrons. The zero-order chi connectivity index (χ0) is 21.1. The van der Waals surface area contributed by atoms with Crippen LogP contribution in [0.3, 0.4) is 0 Å². The SMILES string of the molecule is O=C(C1=C(N2CCCCC2)C(=Cc2ccc(Br)cc2)CC1)c1ccc([N+](=O)[O-])cc1. The Morgan fingerprint density at radius 3 is 2.27 bits per heavy atom. The Labute approximate surface area is 184 Å². The van der Waals surface area contributed by atoms with Gasteiger partial charge in [-0.25, -0.2) is 0 Å². The van der Waals surface area contributed by atoms with Gasteiger partial charge in [-0.2, -0.15) is 0 Å². The highest BCUT2D eigenvalue weighted by atomic mass is 79.9. The van der Waals surface area contributed by atoms with Crippen molar-refractivity contribution >= 4 is 33.5 Å². The zero-order valence-corrected chi connectivity index (χ0v) is 18.2. The van der Waals surface area contributed by atoms with Crippen LogP contribution in [0.25, 0.3) is 6.08 Å². The van der Waals surface area contributed by atoms with E-state index in [1.807, 2.05) is 12.1 Å². The molecule has 1 saturated heterocycles. The van der Waals surface area contributed by atoms with Gasteiger partial charge in [0.05, 0.1) is 4.92 Å². The average molecular weight is 467 g/mol. The minimum Gasteiger partial charge on any atom is -0.371 e. The lowest BCUT2D eigenvalue weighted by Crippen LogP contribution is -2.30. The van der Waals surface area contributed by atoms with Crippen molar-refractivity contribution in [1.82, 2.24) is 4.90 Å². The molecule has 1 aliphatic heterocycles. The second-order valence-electron chi connectivity index (χ2n) is 7.73. The van der Waals surface area contributed by atoms with E-state index in [1.165, 1.54) is 24.1 Å². The van der Waals surface area contributed by atoms with Crippen LogP contribution in [-0.2, 0) is 0 Å². The number of piperidine rings is 1. The Morgan fingerprint density at radius 1 is 0.967 bits per heavy atom. The first-order valence-corrected chi connectivity index (χ1v) is 11.1. The van der Waals surface area contributed by atoms with Crippen molar-refractivity contribution in [2.45, 2.75) is 32.1 Å². The molecule has 1 fully saturated rings. The summed E-state index contributed by atoms with van der Waals surface area (Å²) in [4.78, 5) is 26.2. The van der Waals surface area contributed by atoms with Crippen molar-refractivity contribution in [3.8, 4) is 0 Å². The third-order valence-electron chi connectivity index (χ3n) is 5.73. The van der Waals surface area contributed by atoms with Crippen molar-refractivity contribution < 1.29 is 9.72 Å². The lowest BCUT2D eigenvalue weighted by atomic mass is 10.00. The van der Waals surface area contributed by atoms with E-state index in [0.717, 1.165) is 53.7 Å². The highest BCUT2D eigenvalue weighted by Crippen LogP contribution is 2.38. The molecule has 2 aromatic carbocycles. The summed E-state index contributed by atoms with van der Waals surface area (Å²) in [6.45, 7) is 1.92. The van der Waals surface area contributed by atoms with Gasteiger partial charge in [-0.15, -0.1) is 0 Å². The van der Waals surface area contributed by atoms with Crippen LogP contribution in [0, 0.1) is 10.1 Å². The quantitative estimate of drug-likeness (QED) is 0.300. The van der Waals surface area contributed by atoms with Crippen molar-refractivity contribution in [3.05, 3.63) is 91.1 Å². The van der Waals surface area contributed by atoms with Crippen molar-refractivity contribution in [2.24, 2.45) is 0 Å². The van der Waals surface area contributed by atoms with Gasteiger partial charge in [-0.3, -0.25) is 14.9 Å². The number of halogens is 1. The molecule has 0 radical (unpaired) electrons. The van der Waals surface area contributed by atoms with E-state index in [4.69, 9.17) is 0 Å². The molecule has 0 spiro atoms. The molecule has 6 heteroatoms. The Bertz CT molecular complexity index is 1020. The van der Waals surface area contributed by atoms with E-state index in [0.29, 0.717) is 12.0 Å². The lowest BCUT2D eigenvalue weighted by Gasteiger charge is -2.31. The van der Waals surface area contributed by atoms with Gasteiger partial charge in [0, 0.05) is 46.5 Å². The summed E-state index contributed by atoms with van der Waals surface area (Å²) in [5.41, 5.74) is 4.72. The van der Waals surface area contributed by atoms with Crippen LogP contribution in [-0.4, -0.2) is 28.7 Å². The molecular weight excluding hydrogens is 444 g/mol. The number of benzene rings is 2. The van der Waals surface area contributed by atoms with Crippen LogP contribution in [0.2, 0.25) is 0 Å². The van der Waals surface area contributed by atoms with Crippen LogP contribution < -0.4 is 0 Å². The van der Waals surface area contributed by atoms with E-state index in [1.54, 1.807) is 12.1 Å². The molecule has 0 atom stereocenters. The van der Waals surface area contributed by atoms with Crippen LogP contribution in [0.1, 0.15) is 48.0 Å². The van der Waals surface area contributed by atoms with Crippen LogP contribution >= 0.6 is 15.9 Å². The molecule has 0 saturated carbocycles. The minimum atomic E-state index is -0.443. The van der Waals surface area contributed by atoms with Gasteiger partial charge in [0.15, 0.2) is 5.78 Å². The molecule has 0 bridgehead atoms. The monoisotopic (exact) mass is 466 g/mol. The van der Waals surface area contributed by atoms with E-state index in [9.17, 15) is 14.9 Å². The number of hydrogen-bond acceptors (Lipinski definition) is 4. The smallest absolute Gasteiger partial charge is 0.269 e. The number of likely N-dealkylation sites (tertiary alicyclic amines) is 1. The van der Waals surface area contributed by atoms with Crippen LogP contribution in [0.4, 0.5) is 5.69 Å². The number of Topliss-reactive ketones (excluding diaryl/α,β-unsaturated/α-hetero) is 1. The van der Waals surface area contributed by atoms with E-state index in [2.05, 4.69) is 39.0 Å². The molecule has 0 aromatic heterocycles. The van der Waals surface area contributed by atoms with Crippen molar-refractivity contribution in [1.29, 1.82) is 0 Å². The first-order valence-electron chi connectivity index (χ1n) is 10.3. The summed E-state index contributed by atoms with van der Waals surface area (Å²) in [6.07, 6.45) is 7.20. The van der Waals surface area contributed by atoms with Gasteiger partial charge < -0.3 is 4.90 Å². The molecule has 4 rings (SSSR count). The maximum Gasteiger partial charge on any atom is 0.269 e. The Balaban J connectivity index is 1.72. The van der Waals surface area contributed by atoms with Gasteiger partial charge in [0.2, 0.25) is 0 Å². The molecule has 1 heterocycles. The summed E-state index contributed by atoms with van der Waals surface area (Å²) < 4.78 is 1.04. The molecule has 2 aliphatic rings. The van der Waals surface area contributed by atoms with Crippen LogP contribution in [0.5, 0.6) is 0 Å². The number of carbonyl (C=O) groups excluding carboxylic acids is 1. The Kier molecular flexibility index (Phi) is 6.13. The summed E-state index contributed by atoms with van der Waals surface area (Å²) in [5, 5.41) is 10.9. The topological polar surface area (TPSA) is 63.5 Å². The standard InChI is InChI=1S/C24H23BrN2O3/c25-20-9-4-17(5-10-20)16-19-8-13-22(23(19)26-14-2-1-3-15-26)24(28)18-6-11-21(12-7-18)27(29)30/h4-7,9-12,16H,1-3,8,13-15H2. The highest BCUT2D eigenvalue weighted by molar-refractivity contribution is 9.10. The fourth-order valence-corrected chi connectivity index (χ4v) is 4.50. The average Bonchev–Trinajstić information content (AvgIpc) is 3.19. The van der Waals surface area contributed by atoms with Gasteiger partial charge in [0.25, 0.3) is 5.69 Å². The maximum atomic E-state index is 13.3. The first-order chi connectivity index (χ1) is 14.5. The normalized spacial score (nSPS) is 18.2. The largest absolute Gasteiger partial charge is 0.371 e. The third kappa shape index (κ3) is 4.38. The van der Waals surface area contributed by atoms with E-state index >= 15 is 0 Å². The van der Waals surface area contributed by atoms with Gasteiger partial charge in [0.1, 0.15) is 0 Å². The van der Waals surface area contributed by atoms with Crippen LogP contribution in [0.15, 0.2) is 69.8 Å². The lowest BCUT2D eigenvalue weighted by molar-refractivity contribution is -0.384. The number of nitro groups is 1. The Morgan fingerprint density at radius 2 is 1.63 bits per heavy atom. The van der Waals surface area contributed by atoms with Gasteiger partial charge in [-0.05, 0) is 73.6 Å². The summed E-state index contributed by atoms with van der Waals surface area (Å²) >= 11 is 3.48. The minimum absolute atomic E-state index is 0.000899. The molecule has 30 heavy (non-hydrogen) atoms. The number of carbonyl (C=O) groups is 1. The fraction of sp³-hybridized carbons (Fsp3) is 0.292. The number of rotatable bonds is 5. The number of allylic oxidation sites excluding steroid dienone is 2. The summed E-state index contributed by atoms with van der Waals surface area (Å²) in [6, 6.07) is 14.1. The van der Waals surface area contributed by atoms with Crippen molar-refractivity contribution in [3.63, 3.8) is 0 Å². The fourth-order valence-electron chi connectivity index (χ4n) is 4.23. The first kappa shape index (κ1) is 20.5. The second kappa shape index (κ2) is 8.96. The zero-order valence-electron chi connectivity index (χ0n) is 16.6. The second-order valence-corrected chi connectivity index (χ2v) is 8.64. The highest BCUT2D eigenvalue weighted by Gasteiger charge is 2.30. The van der Waals surface area contributed by atoms with E-state index in [-0.39, 0.29) is 11.5 Å². The van der Waals surface area contributed by atoms with Gasteiger partial charge in [-0.1, -0.05) is 28.1 Å². The molecule has 0 unspecified atom stereocenters. The number of hydrogen-bond donors (Lipinski definition) is 0. The van der Waals surface area contributed by atoms with Gasteiger partial charge >= 0.3 is 0 Å². The molecule has 5 nitrogen and oxygen atoms in total. The summed E-state index contributed by atoms with van der Waals surface area (Å²) in [7, 11) is 0. The molecular formula is C24H23BrN2O3. The number of nitro benzene ring substituents is 1.